The van der Waals surface area contributed by atoms with E-state index in [9.17, 15) is 0 Å². The Bertz CT molecular complexity index is 1070. The lowest BCUT2D eigenvalue weighted by Crippen LogP contribution is -3.00. The molecule has 1 aliphatic heterocycles. The van der Waals surface area contributed by atoms with E-state index in [2.05, 4.69) is 51.9 Å². The Morgan fingerprint density at radius 1 is 0.553 bits per heavy atom. The largest absolute Gasteiger partial charge is 1.00 e. The van der Waals surface area contributed by atoms with Crippen molar-refractivity contribution < 1.29 is 36.1 Å². The lowest BCUT2D eigenvalue weighted by atomic mass is 10.4. The summed E-state index contributed by atoms with van der Waals surface area (Å²) in [5.41, 5.74) is 0. The van der Waals surface area contributed by atoms with Crippen LogP contribution in [0.15, 0.2) is 0 Å². The fraction of sp³-hybridized carbons (Fsp3) is 0.500. The Hall–Kier alpha value is -2.40. The third kappa shape index (κ3) is 10.8. The Labute approximate surface area is 244 Å². The molecule has 0 N–H and O–H groups in total. The minimum absolute atomic E-state index is 0. The van der Waals surface area contributed by atoms with Gasteiger partial charge in [0.2, 0.25) is 21.1 Å². The number of ether oxygens (including phenoxy) is 5. The Morgan fingerprint density at radius 2 is 0.868 bits per heavy atom. The summed E-state index contributed by atoms with van der Waals surface area (Å²) < 4.78 is 25.5. The fourth-order valence-electron chi connectivity index (χ4n) is 2.50. The summed E-state index contributed by atoms with van der Waals surface area (Å²) >= 11 is 21.4. The number of quaternary nitrogens is 1. The van der Waals surface area contributed by atoms with Crippen molar-refractivity contribution >= 4 is 52.4 Å². The fourth-order valence-corrected chi connectivity index (χ4v) is 3.25. The molecule has 20 heteroatoms. The van der Waals surface area contributed by atoms with Gasteiger partial charge >= 0.3 is 30.0 Å². The van der Waals surface area contributed by atoms with Crippen LogP contribution in [0.3, 0.4) is 0 Å². The highest BCUT2D eigenvalue weighted by Gasteiger charge is 2.32. The second kappa shape index (κ2) is 16.5. The molecule has 0 saturated carbocycles. The molecule has 4 heterocycles. The van der Waals surface area contributed by atoms with Crippen molar-refractivity contribution in [1.82, 2.24) is 49.3 Å². The molecule has 0 unspecified atom stereocenters. The summed E-state index contributed by atoms with van der Waals surface area (Å²) in [6.07, 6.45) is 0. The zero-order valence-electron chi connectivity index (χ0n) is 20.7. The molecule has 0 aromatic carbocycles. The quantitative estimate of drug-likeness (QED) is 0.321. The van der Waals surface area contributed by atoms with Crippen molar-refractivity contribution in [2.24, 2.45) is 0 Å². The molecule has 38 heavy (non-hydrogen) atoms. The number of morpholine rings is 1. The number of aromatic nitrogens is 9. The minimum atomic E-state index is 0. The van der Waals surface area contributed by atoms with Crippen LogP contribution >= 0.6 is 46.4 Å². The topological polar surface area (TPSA) is 162 Å². The molecule has 0 bridgehead atoms. The molecule has 0 aliphatic carbocycles. The van der Waals surface area contributed by atoms with E-state index in [1.807, 2.05) is 0 Å². The zero-order chi connectivity index (χ0) is 27.4. The molecule has 0 spiro atoms. The molecule has 15 nitrogen and oxygen atoms in total. The van der Waals surface area contributed by atoms with Crippen molar-refractivity contribution in [2.75, 3.05) is 61.8 Å². The minimum Gasteiger partial charge on any atom is -1.00 e. The first-order valence-electron chi connectivity index (χ1n) is 10.1. The highest BCUT2D eigenvalue weighted by atomic mass is 35.5. The summed E-state index contributed by atoms with van der Waals surface area (Å²) in [6, 6.07) is 0.832. The van der Waals surface area contributed by atoms with Crippen LogP contribution < -0.4 is 35.8 Å². The second-order valence-corrected chi connectivity index (χ2v) is 8.14. The number of nitrogens with zero attached hydrogens (tertiary/aromatic N) is 10. The van der Waals surface area contributed by atoms with Crippen LogP contribution in [0.4, 0.5) is 5.95 Å². The Balaban J connectivity index is 0.000000299. The summed E-state index contributed by atoms with van der Waals surface area (Å²) in [5.74, 6) is 0.650. The smallest absolute Gasteiger partial charge is 0.338 e. The standard InChI is InChI=1S/C10H17N4O3.C5H6ClN3O2.C3Cl3N3.ClH/c1-14(4-6-17-7-5-14)8-11-9(15-2)13-10(12-8)16-3;1-10-4-7-3(6)8-5(9-4)11-2;4-1-7-2(5)9-3(6)8-1;/h4-7H2,1-3H3;1-2H3;;1H/q+1;;;/p-1. The first-order chi connectivity index (χ1) is 17.6. The van der Waals surface area contributed by atoms with E-state index < -0.39 is 0 Å². The maximum atomic E-state index is 5.49. The van der Waals surface area contributed by atoms with E-state index in [4.69, 9.17) is 70.1 Å². The first kappa shape index (κ1) is 33.6. The van der Waals surface area contributed by atoms with Crippen LogP contribution in [-0.4, -0.2) is 107 Å². The van der Waals surface area contributed by atoms with Crippen molar-refractivity contribution in [3.05, 3.63) is 21.1 Å². The number of hydrogen-bond acceptors (Lipinski definition) is 14. The number of rotatable bonds is 5. The molecule has 4 rings (SSSR count). The van der Waals surface area contributed by atoms with Gasteiger partial charge < -0.3 is 36.1 Å². The predicted molar refractivity (Wildman–Crippen MR) is 134 cm³/mol. The highest BCUT2D eigenvalue weighted by molar-refractivity contribution is 6.33. The van der Waals surface area contributed by atoms with Gasteiger partial charge in [0.05, 0.1) is 48.7 Å². The summed E-state index contributed by atoms with van der Waals surface area (Å²) in [7, 11) is 7.99. The van der Waals surface area contributed by atoms with E-state index in [1.54, 1.807) is 0 Å². The molecule has 0 radical (unpaired) electrons. The molecule has 0 amide bonds. The maximum Gasteiger partial charge on any atom is 0.338 e. The van der Waals surface area contributed by atoms with Gasteiger partial charge in [0.25, 0.3) is 0 Å². The van der Waals surface area contributed by atoms with Crippen molar-refractivity contribution in [3.8, 4) is 24.0 Å². The number of halogens is 5. The van der Waals surface area contributed by atoms with E-state index in [1.165, 1.54) is 28.4 Å². The van der Waals surface area contributed by atoms with Gasteiger partial charge in [-0.25, -0.2) is 0 Å². The summed E-state index contributed by atoms with van der Waals surface area (Å²) in [5, 5.41) is 0.0497. The predicted octanol–water partition coefficient (Wildman–Crippen LogP) is -0.766. The normalized spacial score (nSPS) is 13.4. The Kier molecular flexibility index (Phi) is 14.6. The van der Waals surface area contributed by atoms with Crippen LogP contribution in [0.5, 0.6) is 24.0 Å². The third-order valence-electron chi connectivity index (χ3n) is 4.37. The Morgan fingerprint density at radius 3 is 1.21 bits per heavy atom. The van der Waals surface area contributed by atoms with Gasteiger partial charge in [-0.15, -0.1) is 19.9 Å². The van der Waals surface area contributed by atoms with Gasteiger partial charge in [-0.2, -0.15) is 24.9 Å². The molecule has 3 aromatic rings. The van der Waals surface area contributed by atoms with Gasteiger partial charge in [0.15, 0.2) is 0 Å². The van der Waals surface area contributed by atoms with Gasteiger partial charge in [-0.05, 0) is 46.4 Å². The van der Waals surface area contributed by atoms with Crippen molar-refractivity contribution in [1.29, 1.82) is 0 Å². The van der Waals surface area contributed by atoms with E-state index in [0.717, 1.165) is 13.1 Å². The zero-order valence-corrected chi connectivity index (χ0v) is 24.5. The van der Waals surface area contributed by atoms with Crippen LogP contribution in [0.25, 0.3) is 0 Å². The third-order valence-corrected chi connectivity index (χ3v) is 5.05. The molecular weight excluding hydrogens is 614 g/mol. The average molecular weight is 637 g/mol. The molecule has 1 saturated heterocycles. The first-order valence-corrected chi connectivity index (χ1v) is 11.6. The molecule has 210 valence electrons. The van der Waals surface area contributed by atoms with Gasteiger partial charge in [0.1, 0.15) is 13.1 Å². The second-order valence-electron chi connectivity index (χ2n) is 6.78. The van der Waals surface area contributed by atoms with Crippen molar-refractivity contribution in [3.63, 3.8) is 0 Å². The number of likely N-dealkylation sites (N-methyl/N-ethyl adjacent to an activating group) is 1. The lowest BCUT2D eigenvalue weighted by molar-refractivity contribution is -0.0000119. The van der Waals surface area contributed by atoms with Crippen LogP contribution in [-0.2, 0) is 4.74 Å². The molecule has 0 atom stereocenters. The van der Waals surface area contributed by atoms with E-state index >= 15 is 0 Å². The highest BCUT2D eigenvalue weighted by Crippen LogP contribution is 2.22. The summed E-state index contributed by atoms with van der Waals surface area (Å²) in [6.45, 7) is 3.06. The summed E-state index contributed by atoms with van der Waals surface area (Å²) in [4.78, 5) is 33.9. The van der Waals surface area contributed by atoms with E-state index in [-0.39, 0.29) is 57.6 Å². The molecule has 1 aliphatic rings. The van der Waals surface area contributed by atoms with Crippen molar-refractivity contribution in [2.45, 2.75) is 0 Å². The van der Waals surface area contributed by atoms with Crippen LogP contribution in [0.2, 0.25) is 21.1 Å². The van der Waals surface area contributed by atoms with Gasteiger partial charge in [0, 0.05) is 0 Å². The monoisotopic (exact) mass is 634 g/mol. The molecule has 1 fully saturated rings. The van der Waals surface area contributed by atoms with Gasteiger partial charge in [-0.3, -0.25) is 4.48 Å². The maximum absolute atomic E-state index is 5.49. The molecular formula is C18H23Cl5N10O5. The SMILES string of the molecule is COc1nc(Cl)nc(OC)n1.COc1nc(OC)nc([N+]2(C)CCOCC2)n1.Clc1nc(Cl)nc(Cl)n1.[Cl-]. The van der Waals surface area contributed by atoms with Crippen LogP contribution in [0, 0.1) is 0 Å². The molecule has 3 aromatic heterocycles. The number of methoxy groups -OCH3 is 4. The number of hydrogen-bond donors (Lipinski definition) is 0. The van der Waals surface area contributed by atoms with E-state index in [0.29, 0.717) is 23.6 Å². The van der Waals surface area contributed by atoms with Crippen LogP contribution in [0.1, 0.15) is 0 Å². The van der Waals surface area contributed by atoms with Gasteiger partial charge in [-0.1, -0.05) is 0 Å². The lowest BCUT2D eigenvalue weighted by Gasteiger charge is -2.34. The average Bonchev–Trinajstić information content (AvgIpc) is 2.88.